The Morgan fingerprint density at radius 1 is 1.03 bits per heavy atom. The highest BCUT2D eigenvalue weighted by Crippen LogP contribution is 2.28. The summed E-state index contributed by atoms with van der Waals surface area (Å²) in [7, 11) is -8.10. The van der Waals surface area contributed by atoms with Crippen molar-refractivity contribution in [1.29, 1.82) is 0 Å². The molecule has 0 bridgehead atoms. The van der Waals surface area contributed by atoms with Crippen LogP contribution >= 0.6 is 0 Å². The fourth-order valence-electron chi connectivity index (χ4n) is 4.38. The predicted molar refractivity (Wildman–Crippen MR) is 147 cm³/mol. The van der Waals surface area contributed by atoms with Gasteiger partial charge in [0.05, 0.1) is 15.3 Å². The fourth-order valence-corrected chi connectivity index (χ4v) is 7.42. The summed E-state index contributed by atoms with van der Waals surface area (Å²) in [5.74, 6) is -0.598. The van der Waals surface area contributed by atoms with Gasteiger partial charge in [-0.15, -0.1) is 6.58 Å². The number of carbonyl (C=O) groups excluding carboxylic acids is 1. The first-order valence-corrected chi connectivity index (χ1v) is 15.1. The lowest BCUT2D eigenvalue weighted by Crippen LogP contribution is -2.61. The van der Waals surface area contributed by atoms with E-state index in [4.69, 9.17) is 0 Å². The maximum Gasteiger partial charge on any atom is 0.243 e. The Morgan fingerprint density at radius 2 is 1.71 bits per heavy atom. The number of piperazine rings is 1. The fraction of sp³-hybridized carbons (Fsp3) is 0.333. The molecule has 0 saturated carbocycles. The van der Waals surface area contributed by atoms with Crippen molar-refractivity contribution in [3.05, 3.63) is 79.0 Å². The number of benzene rings is 2. The highest BCUT2D eigenvalue weighted by Gasteiger charge is 2.43. The van der Waals surface area contributed by atoms with Crippen LogP contribution in [0.3, 0.4) is 0 Å². The number of hydrogen-bond acceptors (Lipinski definition) is 6. The molecule has 202 valence electrons. The van der Waals surface area contributed by atoms with Gasteiger partial charge < -0.3 is 5.32 Å². The molecule has 0 aliphatic carbocycles. The minimum absolute atomic E-state index is 0.00796. The molecule has 1 N–H and O–H groups in total. The van der Waals surface area contributed by atoms with Crippen molar-refractivity contribution >= 4 is 36.9 Å². The molecule has 1 saturated heterocycles. The molecular formula is C27H32N4O5S2. The number of nitrogens with zero attached hydrogens (tertiary/aromatic N) is 3. The quantitative estimate of drug-likeness (QED) is 0.448. The molecule has 0 radical (unpaired) electrons. The van der Waals surface area contributed by atoms with Gasteiger partial charge in [-0.2, -0.15) is 8.61 Å². The molecule has 1 aliphatic heterocycles. The molecule has 1 fully saturated rings. The summed E-state index contributed by atoms with van der Waals surface area (Å²) in [4.78, 5) is 17.4. The Balaban J connectivity index is 1.67. The Bertz CT molecular complexity index is 1560. The van der Waals surface area contributed by atoms with Gasteiger partial charge in [-0.1, -0.05) is 45.0 Å². The van der Waals surface area contributed by atoms with Gasteiger partial charge in [-0.05, 0) is 47.4 Å². The van der Waals surface area contributed by atoms with E-state index >= 15 is 0 Å². The number of amides is 1. The molecule has 3 aromatic rings. The standard InChI is InChI=1S/C27H32N4O5S2/c1-5-14-29-26(32)25-19-30(37(33,34)22-10-8-21(9-11-22)27(2,3)4)16-17-31(25)38(35,36)23-12-13-24-20(18-23)7-6-15-28-24/h5-13,15,18,25H,1,14,16-17,19H2,2-4H3,(H,29,32). The summed E-state index contributed by atoms with van der Waals surface area (Å²) in [6.45, 7) is 9.21. The van der Waals surface area contributed by atoms with Gasteiger partial charge in [0.1, 0.15) is 6.04 Å². The molecular weight excluding hydrogens is 524 g/mol. The molecule has 0 spiro atoms. The smallest absolute Gasteiger partial charge is 0.243 e. The van der Waals surface area contributed by atoms with Crippen molar-refractivity contribution in [2.24, 2.45) is 0 Å². The van der Waals surface area contributed by atoms with Gasteiger partial charge in [-0.25, -0.2) is 16.8 Å². The van der Waals surface area contributed by atoms with Crippen molar-refractivity contribution in [3.8, 4) is 0 Å². The number of nitrogens with one attached hydrogen (secondary N) is 1. The first-order chi connectivity index (χ1) is 17.9. The van der Waals surface area contributed by atoms with Gasteiger partial charge in [0.15, 0.2) is 0 Å². The van der Waals surface area contributed by atoms with Crippen molar-refractivity contribution in [2.75, 3.05) is 26.2 Å². The number of sulfonamides is 2. The van der Waals surface area contributed by atoms with Gasteiger partial charge in [0, 0.05) is 37.8 Å². The lowest BCUT2D eigenvalue weighted by molar-refractivity contribution is -0.125. The van der Waals surface area contributed by atoms with Gasteiger partial charge in [0.25, 0.3) is 0 Å². The molecule has 1 unspecified atom stereocenters. The Morgan fingerprint density at radius 3 is 2.37 bits per heavy atom. The van der Waals surface area contributed by atoms with Crippen LogP contribution in [-0.2, 0) is 30.3 Å². The number of aromatic nitrogens is 1. The zero-order valence-corrected chi connectivity index (χ0v) is 23.3. The first kappa shape index (κ1) is 27.9. The minimum Gasteiger partial charge on any atom is -0.351 e. The number of fused-ring (bicyclic) bond motifs is 1. The Labute approximate surface area is 224 Å². The van der Waals surface area contributed by atoms with Gasteiger partial charge in [0.2, 0.25) is 26.0 Å². The molecule has 1 aromatic heterocycles. The van der Waals surface area contributed by atoms with Crippen LogP contribution in [0.25, 0.3) is 10.9 Å². The minimum atomic E-state index is -4.13. The van der Waals surface area contributed by atoms with E-state index in [0.717, 1.165) is 9.87 Å². The van der Waals surface area contributed by atoms with Crippen molar-refractivity contribution in [1.82, 2.24) is 18.9 Å². The van der Waals surface area contributed by atoms with Gasteiger partial charge >= 0.3 is 0 Å². The zero-order chi connectivity index (χ0) is 27.7. The second kappa shape index (κ2) is 10.6. The molecule has 2 heterocycles. The topological polar surface area (TPSA) is 117 Å². The molecule has 38 heavy (non-hydrogen) atoms. The number of pyridine rings is 1. The van der Waals surface area contributed by atoms with Crippen molar-refractivity contribution in [3.63, 3.8) is 0 Å². The van der Waals surface area contributed by atoms with Crippen molar-refractivity contribution < 1.29 is 21.6 Å². The molecule has 4 rings (SSSR count). The number of carbonyl (C=O) groups is 1. The first-order valence-electron chi connectivity index (χ1n) is 12.2. The van der Waals surface area contributed by atoms with E-state index in [0.29, 0.717) is 10.9 Å². The van der Waals surface area contributed by atoms with Crippen LogP contribution in [0.1, 0.15) is 26.3 Å². The molecule has 9 nitrogen and oxygen atoms in total. The summed E-state index contributed by atoms with van der Waals surface area (Å²) in [5.41, 5.74) is 1.48. The molecule has 1 amide bonds. The Hall–Kier alpha value is -3.12. The summed E-state index contributed by atoms with van der Waals surface area (Å²) >= 11 is 0. The number of rotatable bonds is 7. The van der Waals surface area contributed by atoms with Crippen LogP contribution in [0.5, 0.6) is 0 Å². The monoisotopic (exact) mass is 556 g/mol. The average molecular weight is 557 g/mol. The molecule has 11 heteroatoms. The third kappa shape index (κ3) is 5.51. The largest absolute Gasteiger partial charge is 0.351 e. The molecule has 1 aliphatic rings. The van der Waals surface area contributed by atoms with Crippen molar-refractivity contribution in [2.45, 2.75) is 42.0 Å². The van der Waals surface area contributed by atoms with E-state index in [1.807, 2.05) is 20.8 Å². The van der Waals surface area contributed by atoms with E-state index in [9.17, 15) is 21.6 Å². The summed E-state index contributed by atoms with van der Waals surface area (Å²) in [6.07, 6.45) is 3.09. The molecule has 2 aromatic carbocycles. The second-order valence-corrected chi connectivity index (χ2v) is 14.0. The third-order valence-corrected chi connectivity index (χ3v) is 10.3. The zero-order valence-electron chi connectivity index (χ0n) is 21.7. The van der Waals surface area contributed by atoms with Crippen LogP contribution in [0.2, 0.25) is 0 Å². The summed E-state index contributed by atoms with van der Waals surface area (Å²) in [6, 6.07) is 13.4. The average Bonchev–Trinajstić information content (AvgIpc) is 2.90. The van der Waals surface area contributed by atoms with Gasteiger partial charge in [-0.3, -0.25) is 9.78 Å². The van der Waals surface area contributed by atoms with Crippen LogP contribution in [-0.4, -0.2) is 68.6 Å². The van der Waals surface area contributed by atoms with Crippen LogP contribution in [0.15, 0.2) is 83.2 Å². The second-order valence-electron chi connectivity index (χ2n) is 10.2. The van der Waals surface area contributed by atoms with E-state index in [2.05, 4.69) is 16.9 Å². The van der Waals surface area contributed by atoms with E-state index < -0.39 is 32.0 Å². The van der Waals surface area contributed by atoms with Crippen LogP contribution in [0, 0.1) is 0 Å². The summed E-state index contributed by atoms with van der Waals surface area (Å²) in [5, 5.41) is 3.27. The lowest BCUT2D eigenvalue weighted by Gasteiger charge is -2.39. The van der Waals surface area contributed by atoms with E-state index in [1.54, 1.807) is 48.7 Å². The van der Waals surface area contributed by atoms with E-state index in [-0.39, 0.29) is 41.4 Å². The summed E-state index contributed by atoms with van der Waals surface area (Å²) < 4.78 is 56.7. The predicted octanol–water partition coefficient (Wildman–Crippen LogP) is 2.90. The highest BCUT2D eigenvalue weighted by atomic mass is 32.2. The number of hydrogen-bond donors (Lipinski definition) is 1. The molecule has 1 atom stereocenters. The Kier molecular flexibility index (Phi) is 7.76. The highest BCUT2D eigenvalue weighted by molar-refractivity contribution is 7.89. The maximum absolute atomic E-state index is 13.7. The maximum atomic E-state index is 13.7. The third-order valence-electron chi connectivity index (χ3n) is 6.56. The van der Waals surface area contributed by atoms with Crippen LogP contribution in [0.4, 0.5) is 0 Å². The van der Waals surface area contributed by atoms with E-state index in [1.165, 1.54) is 22.5 Å². The lowest BCUT2D eigenvalue weighted by atomic mass is 9.87. The SMILES string of the molecule is C=CCNC(=O)C1CN(S(=O)(=O)c2ccc(C(C)(C)C)cc2)CCN1S(=O)(=O)c1ccc2ncccc2c1. The van der Waals surface area contributed by atoms with Crippen LogP contribution < -0.4 is 5.32 Å². The normalized spacial score (nSPS) is 17.8.